The highest BCUT2D eigenvalue weighted by Crippen LogP contribution is 2.28. The zero-order valence-electron chi connectivity index (χ0n) is 14.6. The van der Waals surface area contributed by atoms with Crippen LogP contribution in [0.1, 0.15) is 52.4 Å². The van der Waals surface area contributed by atoms with E-state index in [1.165, 1.54) is 32.1 Å². The van der Waals surface area contributed by atoms with Crippen molar-refractivity contribution < 1.29 is 9.53 Å². The van der Waals surface area contributed by atoms with Gasteiger partial charge < -0.3 is 15.8 Å². The average Bonchev–Trinajstić information content (AvgIpc) is 2.55. The highest BCUT2D eigenvalue weighted by atomic mass is 35.5. The number of hydrogen-bond donors (Lipinski definition) is 2. The van der Waals surface area contributed by atoms with Crippen LogP contribution in [0.4, 0.5) is 5.69 Å². The molecule has 5 heteroatoms. The first kappa shape index (κ1) is 19.2. The summed E-state index contributed by atoms with van der Waals surface area (Å²) in [5.74, 6) is 0.375. The predicted molar refractivity (Wildman–Crippen MR) is 99.3 cm³/mol. The van der Waals surface area contributed by atoms with Crippen molar-refractivity contribution in [2.75, 3.05) is 5.32 Å². The van der Waals surface area contributed by atoms with Gasteiger partial charge in [0.2, 0.25) is 0 Å². The normalized spacial score (nSPS) is 18.4. The predicted octanol–water partition coefficient (Wildman–Crippen LogP) is 4.37. The molecule has 0 saturated heterocycles. The first-order valence-corrected chi connectivity index (χ1v) is 9.31. The SMILES string of the molecule is CC(C)OC(C(=O)Nc1ccccc1Cl)[C@H](N)CC1CCCCC1. The molecule has 1 aromatic carbocycles. The first-order chi connectivity index (χ1) is 11.5. The molecule has 1 aliphatic carbocycles. The summed E-state index contributed by atoms with van der Waals surface area (Å²) in [6.07, 6.45) is 6.34. The summed E-state index contributed by atoms with van der Waals surface area (Å²) in [4.78, 5) is 12.7. The monoisotopic (exact) mass is 352 g/mol. The van der Waals surface area contributed by atoms with Gasteiger partial charge in [-0.3, -0.25) is 4.79 Å². The lowest BCUT2D eigenvalue weighted by Gasteiger charge is -2.30. The Morgan fingerprint density at radius 1 is 1.29 bits per heavy atom. The van der Waals surface area contributed by atoms with Crippen molar-refractivity contribution in [2.45, 2.75) is 70.6 Å². The minimum absolute atomic E-state index is 0.0654. The van der Waals surface area contributed by atoms with Gasteiger partial charge in [0.25, 0.3) is 5.91 Å². The number of benzene rings is 1. The summed E-state index contributed by atoms with van der Waals surface area (Å²) < 4.78 is 5.85. The maximum atomic E-state index is 12.7. The molecule has 2 atom stereocenters. The second-order valence-electron chi connectivity index (χ2n) is 6.98. The van der Waals surface area contributed by atoms with E-state index in [1.807, 2.05) is 26.0 Å². The number of nitrogens with two attached hydrogens (primary N) is 1. The Morgan fingerprint density at radius 2 is 1.96 bits per heavy atom. The van der Waals surface area contributed by atoms with Crippen LogP contribution in [-0.4, -0.2) is 24.2 Å². The molecule has 0 aliphatic heterocycles. The number of amides is 1. The minimum Gasteiger partial charge on any atom is -0.364 e. The third-order valence-electron chi connectivity index (χ3n) is 4.53. The summed E-state index contributed by atoms with van der Waals surface area (Å²) >= 11 is 6.13. The largest absolute Gasteiger partial charge is 0.364 e. The molecule has 0 aromatic heterocycles. The molecule has 1 amide bonds. The second-order valence-corrected chi connectivity index (χ2v) is 7.39. The topological polar surface area (TPSA) is 64.3 Å². The summed E-state index contributed by atoms with van der Waals surface area (Å²) in [6.45, 7) is 3.84. The van der Waals surface area contributed by atoms with Gasteiger partial charge in [0.05, 0.1) is 16.8 Å². The van der Waals surface area contributed by atoms with Crippen molar-refractivity contribution in [2.24, 2.45) is 11.7 Å². The number of anilines is 1. The van der Waals surface area contributed by atoms with Gasteiger partial charge in [-0.1, -0.05) is 55.8 Å². The van der Waals surface area contributed by atoms with E-state index in [0.29, 0.717) is 16.6 Å². The van der Waals surface area contributed by atoms with Crippen molar-refractivity contribution >= 4 is 23.2 Å². The Bertz CT molecular complexity index is 530. The lowest BCUT2D eigenvalue weighted by molar-refractivity contribution is -0.132. The van der Waals surface area contributed by atoms with Crippen LogP contribution in [0.25, 0.3) is 0 Å². The van der Waals surface area contributed by atoms with Gasteiger partial charge in [0, 0.05) is 6.04 Å². The number of halogens is 1. The number of nitrogens with one attached hydrogen (secondary N) is 1. The number of hydrogen-bond acceptors (Lipinski definition) is 3. The highest BCUT2D eigenvalue weighted by Gasteiger charge is 2.30. The Kier molecular flexibility index (Phi) is 7.53. The van der Waals surface area contributed by atoms with Crippen molar-refractivity contribution in [3.8, 4) is 0 Å². The van der Waals surface area contributed by atoms with Crippen LogP contribution in [-0.2, 0) is 9.53 Å². The summed E-state index contributed by atoms with van der Waals surface area (Å²) in [5.41, 5.74) is 6.96. The van der Waals surface area contributed by atoms with E-state index in [1.54, 1.807) is 12.1 Å². The number of para-hydroxylation sites is 1. The van der Waals surface area contributed by atoms with Gasteiger partial charge in [-0.25, -0.2) is 0 Å². The van der Waals surface area contributed by atoms with Gasteiger partial charge in [0.15, 0.2) is 6.10 Å². The van der Waals surface area contributed by atoms with Crippen LogP contribution in [0.15, 0.2) is 24.3 Å². The zero-order valence-corrected chi connectivity index (χ0v) is 15.4. The second kappa shape index (κ2) is 9.40. The van der Waals surface area contributed by atoms with Crippen LogP contribution in [0.5, 0.6) is 0 Å². The summed E-state index contributed by atoms with van der Waals surface area (Å²) in [5, 5.41) is 3.37. The molecular formula is C19H29ClN2O2. The molecule has 1 unspecified atom stereocenters. The Morgan fingerprint density at radius 3 is 2.58 bits per heavy atom. The molecule has 0 bridgehead atoms. The average molecular weight is 353 g/mol. The molecule has 1 aromatic rings. The van der Waals surface area contributed by atoms with Crippen LogP contribution in [0.3, 0.4) is 0 Å². The Balaban J connectivity index is 2.02. The molecule has 4 nitrogen and oxygen atoms in total. The minimum atomic E-state index is -0.664. The standard InChI is InChI=1S/C19H29ClN2O2/c1-13(2)24-18(16(21)12-14-8-4-3-5-9-14)19(23)22-17-11-7-6-10-15(17)20/h6-7,10-11,13-14,16,18H,3-5,8-9,12,21H2,1-2H3,(H,22,23)/t16-,18?/m1/s1. The maximum Gasteiger partial charge on any atom is 0.255 e. The van der Waals surface area contributed by atoms with Gasteiger partial charge in [-0.2, -0.15) is 0 Å². The number of carbonyl (C=O) groups excluding carboxylic acids is 1. The van der Waals surface area contributed by atoms with Crippen LogP contribution in [0.2, 0.25) is 5.02 Å². The summed E-state index contributed by atoms with van der Waals surface area (Å²) in [6, 6.07) is 6.88. The molecule has 0 spiro atoms. The molecule has 2 rings (SSSR count). The van der Waals surface area contributed by atoms with Gasteiger partial charge in [-0.05, 0) is 38.3 Å². The van der Waals surface area contributed by atoms with E-state index in [4.69, 9.17) is 22.1 Å². The van der Waals surface area contributed by atoms with Crippen LogP contribution >= 0.6 is 11.6 Å². The summed E-state index contributed by atoms with van der Waals surface area (Å²) in [7, 11) is 0. The number of rotatable bonds is 7. The molecular weight excluding hydrogens is 324 g/mol. The van der Waals surface area contributed by atoms with Crippen LogP contribution in [0, 0.1) is 5.92 Å². The quantitative estimate of drug-likeness (QED) is 0.765. The van der Waals surface area contributed by atoms with Crippen molar-refractivity contribution in [1.82, 2.24) is 0 Å². The Hall–Kier alpha value is -1.10. The third kappa shape index (κ3) is 5.76. The molecule has 24 heavy (non-hydrogen) atoms. The fourth-order valence-corrected chi connectivity index (χ4v) is 3.53. The first-order valence-electron chi connectivity index (χ1n) is 8.93. The third-order valence-corrected chi connectivity index (χ3v) is 4.86. The Labute approximate surface area is 150 Å². The van der Waals surface area contributed by atoms with E-state index in [-0.39, 0.29) is 18.1 Å². The zero-order chi connectivity index (χ0) is 17.5. The fraction of sp³-hybridized carbons (Fsp3) is 0.632. The van der Waals surface area contributed by atoms with Crippen molar-refractivity contribution in [3.05, 3.63) is 29.3 Å². The fourth-order valence-electron chi connectivity index (χ4n) is 3.35. The van der Waals surface area contributed by atoms with Gasteiger partial charge >= 0.3 is 0 Å². The van der Waals surface area contributed by atoms with E-state index in [0.717, 1.165) is 6.42 Å². The van der Waals surface area contributed by atoms with E-state index in [2.05, 4.69) is 5.32 Å². The van der Waals surface area contributed by atoms with E-state index < -0.39 is 6.10 Å². The lowest BCUT2D eigenvalue weighted by Crippen LogP contribution is -2.47. The van der Waals surface area contributed by atoms with E-state index >= 15 is 0 Å². The molecule has 1 fully saturated rings. The van der Waals surface area contributed by atoms with E-state index in [9.17, 15) is 4.79 Å². The van der Waals surface area contributed by atoms with Gasteiger partial charge in [-0.15, -0.1) is 0 Å². The van der Waals surface area contributed by atoms with Gasteiger partial charge in [0.1, 0.15) is 0 Å². The molecule has 134 valence electrons. The van der Waals surface area contributed by atoms with Crippen molar-refractivity contribution in [3.63, 3.8) is 0 Å². The number of ether oxygens (including phenoxy) is 1. The molecule has 0 heterocycles. The molecule has 1 saturated carbocycles. The van der Waals surface area contributed by atoms with Crippen LogP contribution < -0.4 is 11.1 Å². The smallest absolute Gasteiger partial charge is 0.255 e. The van der Waals surface area contributed by atoms with Crippen molar-refractivity contribution in [1.29, 1.82) is 0 Å². The molecule has 3 N–H and O–H groups in total. The highest BCUT2D eigenvalue weighted by molar-refractivity contribution is 6.33. The number of carbonyl (C=O) groups is 1. The molecule has 1 aliphatic rings. The maximum absolute atomic E-state index is 12.7. The molecule has 0 radical (unpaired) electrons. The lowest BCUT2D eigenvalue weighted by atomic mass is 9.84.